The number of fused-ring (bicyclic) bond motifs is 1. The summed E-state index contributed by atoms with van der Waals surface area (Å²) in [6.45, 7) is 2.26. The number of nitrogens with zero attached hydrogens (tertiary/aromatic N) is 3. The van der Waals surface area contributed by atoms with Crippen molar-refractivity contribution in [1.82, 2.24) is 14.5 Å². The number of halogens is 2. The van der Waals surface area contributed by atoms with Gasteiger partial charge in [-0.2, -0.15) is 0 Å². The van der Waals surface area contributed by atoms with Gasteiger partial charge in [-0.15, -0.1) is 11.6 Å². The standard InChI is InChI=1S/C12H13BrClN3/c1-12(3-4-12)17-10(2-5-14)16-9-6-8(13)7-15-11(9)17/h6-7H,2-5H2,1H3. The van der Waals surface area contributed by atoms with Crippen LogP contribution in [0, 0.1) is 0 Å². The molecule has 0 amide bonds. The Morgan fingerprint density at radius 2 is 2.29 bits per heavy atom. The minimum Gasteiger partial charge on any atom is -0.307 e. The molecule has 0 unspecified atom stereocenters. The summed E-state index contributed by atoms with van der Waals surface area (Å²) < 4.78 is 3.24. The summed E-state index contributed by atoms with van der Waals surface area (Å²) in [7, 11) is 0. The van der Waals surface area contributed by atoms with Crippen molar-refractivity contribution in [3.8, 4) is 0 Å². The lowest BCUT2D eigenvalue weighted by molar-refractivity contribution is 0.522. The van der Waals surface area contributed by atoms with E-state index in [2.05, 4.69) is 37.4 Å². The van der Waals surface area contributed by atoms with E-state index in [4.69, 9.17) is 11.6 Å². The van der Waals surface area contributed by atoms with Crippen molar-refractivity contribution in [3.63, 3.8) is 0 Å². The summed E-state index contributed by atoms with van der Waals surface area (Å²) in [6, 6.07) is 2.02. The molecule has 0 aliphatic heterocycles. The van der Waals surface area contributed by atoms with Crippen LogP contribution >= 0.6 is 27.5 Å². The van der Waals surface area contributed by atoms with Crippen molar-refractivity contribution in [1.29, 1.82) is 0 Å². The largest absolute Gasteiger partial charge is 0.307 e. The fourth-order valence-corrected chi connectivity index (χ4v) is 2.70. The van der Waals surface area contributed by atoms with Crippen molar-refractivity contribution in [2.45, 2.75) is 31.7 Å². The van der Waals surface area contributed by atoms with Crippen LogP contribution in [0.15, 0.2) is 16.7 Å². The van der Waals surface area contributed by atoms with E-state index < -0.39 is 0 Å². The van der Waals surface area contributed by atoms with E-state index in [0.29, 0.717) is 5.88 Å². The van der Waals surface area contributed by atoms with Crippen LogP contribution in [0.4, 0.5) is 0 Å². The van der Waals surface area contributed by atoms with Gasteiger partial charge in [0.2, 0.25) is 0 Å². The maximum Gasteiger partial charge on any atom is 0.160 e. The molecule has 0 atom stereocenters. The lowest BCUT2D eigenvalue weighted by Crippen LogP contribution is -2.16. The summed E-state index contributed by atoms with van der Waals surface area (Å²) in [5.74, 6) is 1.65. The maximum atomic E-state index is 5.85. The quantitative estimate of drug-likeness (QED) is 0.812. The van der Waals surface area contributed by atoms with E-state index in [1.807, 2.05) is 12.3 Å². The lowest BCUT2D eigenvalue weighted by Gasteiger charge is -2.14. The molecule has 1 fully saturated rings. The van der Waals surface area contributed by atoms with Gasteiger partial charge in [0.25, 0.3) is 0 Å². The molecule has 0 aromatic carbocycles. The third kappa shape index (κ3) is 1.87. The average molecular weight is 315 g/mol. The van der Waals surface area contributed by atoms with Gasteiger partial charge in [-0.1, -0.05) is 0 Å². The van der Waals surface area contributed by atoms with Gasteiger partial charge in [-0.05, 0) is 41.8 Å². The molecule has 2 heterocycles. The van der Waals surface area contributed by atoms with Gasteiger partial charge in [0.15, 0.2) is 5.65 Å². The SMILES string of the molecule is CC1(n2c(CCCl)nc3cc(Br)cnc32)CC1. The smallest absolute Gasteiger partial charge is 0.160 e. The predicted molar refractivity (Wildman–Crippen MR) is 72.5 cm³/mol. The van der Waals surface area contributed by atoms with Crippen molar-refractivity contribution >= 4 is 38.7 Å². The Labute approximate surface area is 113 Å². The number of rotatable bonds is 3. The molecular formula is C12H13BrClN3. The first-order valence-corrected chi connectivity index (χ1v) is 7.06. The molecule has 90 valence electrons. The highest BCUT2D eigenvalue weighted by Gasteiger charge is 2.42. The normalized spacial score (nSPS) is 17.6. The summed E-state index contributed by atoms with van der Waals surface area (Å²) in [4.78, 5) is 9.16. The molecule has 0 bridgehead atoms. The molecule has 1 saturated carbocycles. The topological polar surface area (TPSA) is 30.7 Å². The summed E-state index contributed by atoms with van der Waals surface area (Å²) in [5, 5.41) is 0. The highest BCUT2D eigenvalue weighted by Crippen LogP contribution is 2.45. The van der Waals surface area contributed by atoms with Gasteiger partial charge in [0, 0.05) is 28.5 Å². The van der Waals surface area contributed by atoms with Crippen LogP contribution in [0.3, 0.4) is 0 Å². The molecule has 0 spiro atoms. The maximum absolute atomic E-state index is 5.85. The second kappa shape index (κ2) is 3.95. The van der Waals surface area contributed by atoms with Crippen molar-refractivity contribution in [2.24, 2.45) is 0 Å². The highest BCUT2D eigenvalue weighted by molar-refractivity contribution is 9.10. The van der Waals surface area contributed by atoms with E-state index in [1.54, 1.807) is 0 Å². The fourth-order valence-electron chi connectivity index (χ4n) is 2.21. The summed E-state index contributed by atoms with van der Waals surface area (Å²) >= 11 is 9.29. The van der Waals surface area contributed by atoms with E-state index >= 15 is 0 Å². The van der Waals surface area contributed by atoms with Crippen LogP contribution in [-0.2, 0) is 12.0 Å². The minimum absolute atomic E-state index is 0.205. The minimum atomic E-state index is 0.205. The molecule has 0 radical (unpaired) electrons. The number of pyridine rings is 1. The van der Waals surface area contributed by atoms with Crippen LogP contribution in [0.25, 0.3) is 11.2 Å². The molecule has 0 N–H and O–H groups in total. The molecule has 3 nitrogen and oxygen atoms in total. The number of hydrogen-bond acceptors (Lipinski definition) is 2. The molecule has 2 aromatic rings. The zero-order valence-electron chi connectivity index (χ0n) is 9.58. The number of hydrogen-bond donors (Lipinski definition) is 0. The molecule has 1 aliphatic rings. The fraction of sp³-hybridized carbons (Fsp3) is 0.500. The monoisotopic (exact) mass is 313 g/mol. The Bertz CT molecular complexity index is 574. The first-order chi connectivity index (χ1) is 8.14. The van der Waals surface area contributed by atoms with Gasteiger partial charge in [0.05, 0.1) is 0 Å². The predicted octanol–water partition coefficient (Wildman–Crippen LogP) is 3.48. The van der Waals surface area contributed by atoms with E-state index in [1.165, 1.54) is 12.8 Å². The highest BCUT2D eigenvalue weighted by atomic mass is 79.9. The Morgan fingerprint density at radius 3 is 2.94 bits per heavy atom. The van der Waals surface area contributed by atoms with Gasteiger partial charge in [-0.25, -0.2) is 9.97 Å². The molecule has 2 aromatic heterocycles. The summed E-state index contributed by atoms with van der Waals surface area (Å²) in [6.07, 6.45) is 5.03. The van der Waals surface area contributed by atoms with Crippen LogP contribution < -0.4 is 0 Å². The first-order valence-electron chi connectivity index (χ1n) is 5.73. The lowest BCUT2D eigenvalue weighted by atomic mass is 10.3. The molecule has 5 heteroatoms. The van der Waals surface area contributed by atoms with E-state index in [9.17, 15) is 0 Å². The van der Waals surface area contributed by atoms with Gasteiger partial charge in [-0.3, -0.25) is 0 Å². The first kappa shape index (κ1) is 11.5. The third-order valence-corrected chi connectivity index (χ3v) is 3.99. The second-order valence-corrected chi connectivity index (χ2v) is 6.09. The Kier molecular flexibility index (Phi) is 2.67. The van der Waals surface area contributed by atoms with Gasteiger partial charge in [0.1, 0.15) is 11.3 Å². The summed E-state index contributed by atoms with van der Waals surface area (Å²) in [5.41, 5.74) is 2.14. The third-order valence-electron chi connectivity index (χ3n) is 3.36. The van der Waals surface area contributed by atoms with Crippen molar-refractivity contribution < 1.29 is 0 Å². The number of aromatic nitrogens is 3. The molecule has 17 heavy (non-hydrogen) atoms. The van der Waals surface area contributed by atoms with E-state index in [0.717, 1.165) is 27.9 Å². The average Bonchev–Trinajstić information content (AvgIpc) is 2.90. The van der Waals surface area contributed by atoms with Crippen LogP contribution in [-0.4, -0.2) is 20.4 Å². The number of imidazole rings is 1. The number of alkyl halides is 1. The zero-order chi connectivity index (χ0) is 12.0. The zero-order valence-corrected chi connectivity index (χ0v) is 11.9. The molecule has 0 saturated heterocycles. The van der Waals surface area contributed by atoms with E-state index in [-0.39, 0.29) is 5.54 Å². The molecule has 1 aliphatic carbocycles. The second-order valence-electron chi connectivity index (χ2n) is 4.80. The Balaban J connectivity index is 2.24. The van der Waals surface area contributed by atoms with Crippen LogP contribution in [0.1, 0.15) is 25.6 Å². The molecular weight excluding hydrogens is 302 g/mol. The Morgan fingerprint density at radius 1 is 1.53 bits per heavy atom. The molecule has 3 rings (SSSR count). The van der Waals surface area contributed by atoms with Crippen molar-refractivity contribution in [3.05, 3.63) is 22.6 Å². The van der Waals surface area contributed by atoms with Crippen molar-refractivity contribution in [2.75, 3.05) is 5.88 Å². The van der Waals surface area contributed by atoms with Crippen LogP contribution in [0.5, 0.6) is 0 Å². The van der Waals surface area contributed by atoms with Crippen LogP contribution in [0.2, 0.25) is 0 Å². The number of aryl methyl sites for hydroxylation is 1. The Hall–Kier alpha value is -0.610. The van der Waals surface area contributed by atoms with Gasteiger partial charge >= 0.3 is 0 Å². The van der Waals surface area contributed by atoms with Gasteiger partial charge < -0.3 is 4.57 Å².